The second kappa shape index (κ2) is 12.6. The van der Waals surface area contributed by atoms with Crippen LogP contribution in [0.4, 0.5) is 5.82 Å². The number of halogens is 1. The minimum absolute atomic E-state index is 0. The average molecular weight is 524 g/mol. The highest BCUT2D eigenvalue weighted by atomic mass is 127. The van der Waals surface area contributed by atoms with E-state index < -0.39 is 0 Å². The third kappa shape index (κ3) is 7.32. The quantitative estimate of drug-likeness (QED) is 0.330. The summed E-state index contributed by atoms with van der Waals surface area (Å²) in [6.07, 6.45) is 1.93. The van der Waals surface area contributed by atoms with Gasteiger partial charge in [-0.2, -0.15) is 0 Å². The summed E-state index contributed by atoms with van der Waals surface area (Å²) in [5.74, 6) is 2.70. The molecule has 2 N–H and O–H groups in total. The van der Waals surface area contributed by atoms with Crippen LogP contribution in [-0.2, 0) is 13.1 Å². The Morgan fingerprint density at radius 2 is 1.90 bits per heavy atom. The van der Waals surface area contributed by atoms with Gasteiger partial charge < -0.3 is 25.2 Å². The molecule has 164 valence electrons. The number of likely N-dealkylation sites (N-methyl/N-ethyl adjacent to an activating group) is 1. The molecule has 1 fully saturated rings. The SMILES string of the molecule is CCNC(=NCc1ccc(N2CCN(C)CC2)nc1)NCc1cccc(OC)c1.I. The zero-order valence-corrected chi connectivity index (χ0v) is 20.4. The highest BCUT2D eigenvalue weighted by Crippen LogP contribution is 2.14. The molecule has 0 aliphatic carbocycles. The maximum atomic E-state index is 5.29. The monoisotopic (exact) mass is 524 g/mol. The first-order chi connectivity index (χ1) is 14.2. The third-order valence-corrected chi connectivity index (χ3v) is 4.99. The molecule has 0 atom stereocenters. The molecule has 1 aromatic heterocycles. The number of methoxy groups -OCH3 is 1. The van der Waals surface area contributed by atoms with Crippen LogP contribution in [0.1, 0.15) is 18.1 Å². The van der Waals surface area contributed by atoms with E-state index in [1.54, 1.807) is 7.11 Å². The molecule has 7 nitrogen and oxygen atoms in total. The normalized spacial score (nSPS) is 14.8. The van der Waals surface area contributed by atoms with Crippen molar-refractivity contribution in [2.45, 2.75) is 20.0 Å². The second-order valence-corrected chi connectivity index (χ2v) is 7.22. The van der Waals surface area contributed by atoms with Crippen LogP contribution in [0.2, 0.25) is 0 Å². The van der Waals surface area contributed by atoms with E-state index in [-0.39, 0.29) is 24.0 Å². The number of rotatable bonds is 7. The largest absolute Gasteiger partial charge is 0.497 e. The Kier molecular flexibility index (Phi) is 10.2. The van der Waals surface area contributed by atoms with Crippen molar-refractivity contribution in [2.24, 2.45) is 4.99 Å². The van der Waals surface area contributed by atoms with Crippen LogP contribution in [0.25, 0.3) is 0 Å². The van der Waals surface area contributed by atoms with Gasteiger partial charge in [0.25, 0.3) is 0 Å². The lowest BCUT2D eigenvalue weighted by molar-refractivity contribution is 0.312. The standard InChI is InChI=1S/C22H32N6O.HI/c1-4-23-22(25-15-18-6-5-7-20(14-18)29-3)26-17-19-8-9-21(24-16-19)28-12-10-27(2)11-13-28;/h5-9,14,16H,4,10-13,15,17H2,1-3H3,(H2,23,25,26);1H. The minimum atomic E-state index is 0. The van der Waals surface area contributed by atoms with Gasteiger partial charge in [-0.1, -0.05) is 18.2 Å². The van der Waals surface area contributed by atoms with Crippen LogP contribution in [0.5, 0.6) is 5.75 Å². The molecule has 1 saturated heterocycles. The van der Waals surface area contributed by atoms with Gasteiger partial charge in [0, 0.05) is 45.5 Å². The van der Waals surface area contributed by atoms with E-state index in [4.69, 9.17) is 9.73 Å². The summed E-state index contributed by atoms with van der Waals surface area (Å²) in [5.41, 5.74) is 2.25. The number of guanidine groups is 1. The molecule has 0 bridgehead atoms. The lowest BCUT2D eigenvalue weighted by atomic mass is 10.2. The summed E-state index contributed by atoms with van der Waals surface area (Å²) in [4.78, 5) is 14.0. The number of hydrogen-bond acceptors (Lipinski definition) is 5. The lowest BCUT2D eigenvalue weighted by Gasteiger charge is -2.33. The summed E-state index contributed by atoms with van der Waals surface area (Å²) in [6.45, 7) is 8.36. The maximum Gasteiger partial charge on any atom is 0.191 e. The Labute approximate surface area is 196 Å². The van der Waals surface area contributed by atoms with Gasteiger partial charge in [-0.3, -0.25) is 0 Å². The van der Waals surface area contributed by atoms with Crippen molar-refractivity contribution >= 4 is 35.8 Å². The number of hydrogen-bond donors (Lipinski definition) is 2. The predicted molar refractivity (Wildman–Crippen MR) is 134 cm³/mol. The molecule has 0 radical (unpaired) electrons. The Morgan fingerprint density at radius 3 is 2.57 bits per heavy atom. The number of aromatic nitrogens is 1. The maximum absolute atomic E-state index is 5.29. The molecule has 3 rings (SSSR count). The number of anilines is 1. The molecular formula is C22H33IN6O. The van der Waals surface area contributed by atoms with Crippen molar-refractivity contribution in [1.82, 2.24) is 20.5 Å². The fourth-order valence-electron chi connectivity index (χ4n) is 3.21. The molecule has 8 heteroatoms. The topological polar surface area (TPSA) is 65.0 Å². The van der Waals surface area contributed by atoms with E-state index in [0.717, 1.165) is 61.4 Å². The zero-order chi connectivity index (χ0) is 20.5. The number of benzene rings is 1. The summed E-state index contributed by atoms with van der Waals surface area (Å²) in [7, 11) is 3.84. The van der Waals surface area contributed by atoms with Crippen LogP contribution in [-0.4, -0.2) is 62.7 Å². The number of nitrogens with zero attached hydrogens (tertiary/aromatic N) is 4. The Balaban J connectivity index is 0.00000320. The van der Waals surface area contributed by atoms with Crippen molar-refractivity contribution in [3.63, 3.8) is 0 Å². The van der Waals surface area contributed by atoms with Gasteiger partial charge in [0.15, 0.2) is 5.96 Å². The highest BCUT2D eigenvalue weighted by molar-refractivity contribution is 14.0. The summed E-state index contributed by atoms with van der Waals surface area (Å²) >= 11 is 0. The smallest absolute Gasteiger partial charge is 0.191 e. The van der Waals surface area contributed by atoms with Gasteiger partial charge in [0.2, 0.25) is 0 Å². The molecule has 0 spiro atoms. The van der Waals surface area contributed by atoms with E-state index in [2.05, 4.69) is 57.6 Å². The molecule has 1 aliphatic heterocycles. The van der Waals surface area contributed by atoms with Gasteiger partial charge >= 0.3 is 0 Å². The molecule has 2 aromatic rings. The second-order valence-electron chi connectivity index (χ2n) is 7.22. The lowest BCUT2D eigenvalue weighted by Crippen LogP contribution is -2.44. The minimum Gasteiger partial charge on any atom is -0.497 e. The fourth-order valence-corrected chi connectivity index (χ4v) is 3.21. The number of pyridine rings is 1. The summed E-state index contributed by atoms with van der Waals surface area (Å²) in [6, 6.07) is 12.3. The van der Waals surface area contributed by atoms with Crippen molar-refractivity contribution in [3.8, 4) is 5.75 Å². The van der Waals surface area contributed by atoms with Crippen molar-refractivity contribution < 1.29 is 4.74 Å². The van der Waals surface area contributed by atoms with Crippen molar-refractivity contribution in [2.75, 3.05) is 51.8 Å². The highest BCUT2D eigenvalue weighted by Gasteiger charge is 2.14. The average Bonchev–Trinajstić information content (AvgIpc) is 2.77. The van der Waals surface area contributed by atoms with E-state index in [0.29, 0.717) is 13.1 Å². The number of nitrogens with one attached hydrogen (secondary N) is 2. The van der Waals surface area contributed by atoms with E-state index in [1.807, 2.05) is 24.4 Å². The first kappa shape index (κ1) is 24.2. The Morgan fingerprint density at radius 1 is 1.10 bits per heavy atom. The van der Waals surface area contributed by atoms with Crippen LogP contribution in [0.15, 0.2) is 47.6 Å². The number of piperazine rings is 1. The van der Waals surface area contributed by atoms with Crippen molar-refractivity contribution in [3.05, 3.63) is 53.7 Å². The summed E-state index contributed by atoms with van der Waals surface area (Å²) in [5, 5.41) is 6.67. The predicted octanol–water partition coefficient (Wildman–Crippen LogP) is 2.72. The third-order valence-electron chi connectivity index (χ3n) is 4.99. The Bertz CT molecular complexity index is 790. The van der Waals surface area contributed by atoms with E-state index >= 15 is 0 Å². The van der Waals surface area contributed by atoms with E-state index in [1.165, 1.54) is 0 Å². The molecule has 0 amide bonds. The van der Waals surface area contributed by atoms with Gasteiger partial charge in [0.1, 0.15) is 11.6 Å². The van der Waals surface area contributed by atoms with Gasteiger partial charge in [-0.25, -0.2) is 9.98 Å². The Hall–Kier alpha value is -2.07. The zero-order valence-electron chi connectivity index (χ0n) is 18.1. The van der Waals surface area contributed by atoms with E-state index in [9.17, 15) is 0 Å². The molecule has 30 heavy (non-hydrogen) atoms. The first-order valence-electron chi connectivity index (χ1n) is 10.2. The molecule has 1 aromatic carbocycles. The molecule has 2 heterocycles. The number of aliphatic imine (C=N–C) groups is 1. The van der Waals surface area contributed by atoms with Crippen LogP contribution in [0, 0.1) is 0 Å². The van der Waals surface area contributed by atoms with Gasteiger partial charge in [-0.05, 0) is 43.3 Å². The van der Waals surface area contributed by atoms with Gasteiger partial charge in [-0.15, -0.1) is 24.0 Å². The van der Waals surface area contributed by atoms with Crippen LogP contribution < -0.4 is 20.3 Å². The molecule has 0 saturated carbocycles. The molecule has 1 aliphatic rings. The molecule has 0 unspecified atom stereocenters. The first-order valence-corrected chi connectivity index (χ1v) is 10.2. The van der Waals surface area contributed by atoms with Crippen molar-refractivity contribution in [1.29, 1.82) is 0 Å². The number of ether oxygens (including phenoxy) is 1. The van der Waals surface area contributed by atoms with Gasteiger partial charge in [0.05, 0.1) is 13.7 Å². The summed E-state index contributed by atoms with van der Waals surface area (Å²) < 4.78 is 5.29. The molecular weight excluding hydrogens is 491 g/mol. The fraction of sp³-hybridized carbons (Fsp3) is 0.455. The van der Waals surface area contributed by atoms with Crippen LogP contribution >= 0.6 is 24.0 Å². The van der Waals surface area contributed by atoms with Crippen LogP contribution in [0.3, 0.4) is 0 Å².